The van der Waals surface area contributed by atoms with Gasteiger partial charge in [-0.2, -0.15) is 0 Å². The average Bonchev–Trinajstić information content (AvgIpc) is 2.15. The quantitative estimate of drug-likeness (QED) is 0.851. The van der Waals surface area contributed by atoms with Crippen molar-refractivity contribution in [1.82, 2.24) is 5.32 Å². The maximum atomic E-state index is 12.9. The number of carbonyl (C=O) groups is 1. The van der Waals surface area contributed by atoms with Crippen molar-refractivity contribution in [2.24, 2.45) is 0 Å². The van der Waals surface area contributed by atoms with Crippen molar-refractivity contribution >= 4 is 21.8 Å². The summed E-state index contributed by atoms with van der Waals surface area (Å²) in [6, 6.07) is 6.10. The molecule has 0 bridgehead atoms. The molecule has 1 rings (SSSR count). The van der Waals surface area contributed by atoms with Crippen LogP contribution in [0.25, 0.3) is 0 Å². The molecule has 0 radical (unpaired) electrons. The third-order valence-corrected chi connectivity index (χ3v) is 3.85. The van der Waals surface area contributed by atoms with Crippen molar-refractivity contribution in [3.05, 3.63) is 35.6 Å². The normalized spacial score (nSPS) is 13.2. The average molecular weight is 302 g/mol. The summed E-state index contributed by atoms with van der Waals surface area (Å²) in [5, 5.41) is 2.92. The van der Waals surface area contributed by atoms with Crippen molar-refractivity contribution in [2.75, 3.05) is 0 Å². The van der Waals surface area contributed by atoms with Gasteiger partial charge in [0.2, 0.25) is 5.91 Å². The van der Waals surface area contributed by atoms with Crippen LogP contribution in [-0.2, 0) is 11.2 Å². The zero-order chi connectivity index (χ0) is 13.1. The highest BCUT2D eigenvalue weighted by molar-refractivity contribution is 9.09. The summed E-state index contributed by atoms with van der Waals surface area (Å²) in [6.45, 7) is 5.86. The van der Waals surface area contributed by atoms with Crippen LogP contribution in [0.1, 0.15) is 26.3 Å². The van der Waals surface area contributed by atoms with Gasteiger partial charge in [0.05, 0.1) is 6.42 Å². The van der Waals surface area contributed by atoms with Crippen LogP contribution in [0, 0.1) is 5.82 Å². The summed E-state index contributed by atoms with van der Waals surface area (Å²) in [7, 11) is 0. The molecule has 0 saturated heterocycles. The summed E-state index contributed by atoms with van der Waals surface area (Å²) < 4.78 is 12.9. The second-order valence-electron chi connectivity index (χ2n) is 4.69. The Morgan fingerprint density at radius 3 is 2.71 bits per heavy atom. The largest absolute Gasteiger partial charge is 0.350 e. The predicted molar refractivity (Wildman–Crippen MR) is 70.7 cm³/mol. The summed E-state index contributed by atoms with van der Waals surface area (Å²) in [5.41, 5.74) is 0.352. The molecule has 0 aliphatic heterocycles. The lowest BCUT2D eigenvalue weighted by molar-refractivity contribution is -0.121. The topological polar surface area (TPSA) is 29.1 Å². The van der Waals surface area contributed by atoms with E-state index in [4.69, 9.17) is 0 Å². The Hall–Kier alpha value is -0.900. The van der Waals surface area contributed by atoms with E-state index in [0.717, 1.165) is 0 Å². The van der Waals surface area contributed by atoms with E-state index in [9.17, 15) is 9.18 Å². The number of hydrogen-bond acceptors (Lipinski definition) is 1. The summed E-state index contributed by atoms with van der Waals surface area (Å²) >= 11 is 3.45. The zero-order valence-electron chi connectivity index (χ0n) is 10.3. The minimum Gasteiger partial charge on any atom is -0.350 e. The third kappa shape index (κ3) is 4.46. The summed E-state index contributed by atoms with van der Waals surface area (Å²) in [5.74, 6) is -0.421. The maximum absolute atomic E-state index is 12.9. The van der Waals surface area contributed by atoms with Gasteiger partial charge in [-0.15, -0.1) is 0 Å². The monoisotopic (exact) mass is 301 g/mol. The van der Waals surface area contributed by atoms with Crippen LogP contribution in [0.3, 0.4) is 0 Å². The van der Waals surface area contributed by atoms with Gasteiger partial charge in [0.1, 0.15) is 5.82 Å². The van der Waals surface area contributed by atoms with Crippen molar-refractivity contribution in [3.8, 4) is 0 Å². The van der Waals surface area contributed by atoms with Gasteiger partial charge in [-0.3, -0.25) is 4.79 Å². The lowest BCUT2D eigenvalue weighted by atomic mass is 10.0. The lowest BCUT2D eigenvalue weighted by Crippen LogP contribution is -2.49. The fourth-order valence-corrected chi connectivity index (χ4v) is 1.45. The Labute approximate surface area is 110 Å². The first-order chi connectivity index (χ1) is 7.81. The van der Waals surface area contributed by atoms with Crippen molar-refractivity contribution in [3.63, 3.8) is 0 Å². The van der Waals surface area contributed by atoms with Crippen LogP contribution in [0.15, 0.2) is 24.3 Å². The van der Waals surface area contributed by atoms with Crippen LogP contribution < -0.4 is 5.32 Å². The van der Waals surface area contributed by atoms with Crippen LogP contribution in [0.2, 0.25) is 0 Å². The van der Waals surface area contributed by atoms with Gasteiger partial charge in [0.15, 0.2) is 0 Å². The predicted octanol–water partition coefficient (Wildman–Crippen LogP) is 3.05. The van der Waals surface area contributed by atoms with E-state index in [1.165, 1.54) is 12.1 Å². The van der Waals surface area contributed by atoms with Gasteiger partial charge in [-0.1, -0.05) is 35.0 Å². The van der Waals surface area contributed by atoms with Gasteiger partial charge in [-0.25, -0.2) is 4.39 Å². The van der Waals surface area contributed by atoms with E-state index in [1.807, 2.05) is 20.8 Å². The van der Waals surface area contributed by atoms with Crippen LogP contribution in [0.4, 0.5) is 4.39 Å². The molecule has 0 aromatic heterocycles. The highest BCUT2D eigenvalue weighted by Crippen LogP contribution is 2.16. The first-order valence-corrected chi connectivity index (χ1v) is 6.42. The molecule has 0 fully saturated rings. The summed E-state index contributed by atoms with van der Waals surface area (Å²) in [6.07, 6.45) is 0.195. The second kappa shape index (κ2) is 5.63. The molecule has 2 nitrogen and oxygen atoms in total. The Balaban J connectivity index is 2.62. The zero-order valence-corrected chi connectivity index (χ0v) is 11.8. The molecule has 0 aliphatic rings. The van der Waals surface area contributed by atoms with Crippen LogP contribution in [-0.4, -0.2) is 16.3 Å². The number of hydrogen-bond donors (Lipinski definition) is 1. The van der Waals surface area contributed by atoms with Crippen molar-refractivity contribution < 1.29 is 9.18 Å². The Kier molecular flexibility index (Phi) is 4.69. The molecule has 1 unspecified atom stereocenters. The van der Waals surface area contributed by atoms with E-state index in [1.54, 1.807) is 12.1 Å². The molecule has 94 valence electrons. The maximum Gasteiger partial charge on any atom is 0.224 e. The van der Waals surface area contributed by atoms with Crippen molar-refractivity contribution in [2.45, 2.75) is 37.6 Å². The Morgan fingerprint density at radius 2 is 2.18 bits per heavy atom. The number of benzene rings is 1. The molecular weight excluding hydrogens is 285 g/mol. The Morgan fingerprint density at radius 1 is 1.53 bits per heavy atom. The van der Waals surface area contributed by atoms with E-state index < -0.39 is 0 Å². The number of amides is 1. The molecule has 1 aromatic rings. The number of rotatable bonds is 4. The van der Waals surface area contributed by atoms with Crippen LogP contribution >= 0.6 is 15.9 Å². The molecular formula is C13H17BrFNO. The smallest absolute Gasteiger partial charge is 0.224 e. The molecule has 1 N–H and O–H groups in total. The number of halogens is 2. The van der Waals surface area contributed by atoms with Gasteiger partial charge < -0.3 is 5.32 Å². The molecule has 0 spiro atoms. The van der Waals surface area contributed by atoms with Gasteiger partial charge >= 0.3 is 0 Å². The SMILES string of the molecule is CC(Br)C(C)(C)NC(=O)Cc1cccc(F)c1. The highest BCUT2D eigenvalue weighted by atomic mass is 79.9. The number of alkyl halides is 1. The molecule has 17 heavy (non-hydrogen) atoms. The first kappa shape index (κ1) is 14.2. The van der Waals surface area contributed by atoms with Gasteiger partial charge in [-0.05, 0) is 31.5 Å². The van der Waals surface area contributed by atoms with E-state index in [2.05, 4.69) is 21.2 Å². The third-order valence-electron chi connectivity index (χ3n) is 2.71. The number of carbonyl (C=O) groups excluding carboxylic acids is 1. The highest BCUT2D eigenvalue weighted by Gasteiger charge is 2.25. The molecule has 4 heteroatoms. The fourth-order valence-electron chi connectivity index (χ4n) is 1.34. The molecule has 1 atom stereocenters. The number of nitrogens with one attached hydrogen (secondary N) is 1. The first-order valence-electron chi connectivity index (χ1n) is 5.51. The standard InChI is InChI=1S/C13H17BrFNO/c1-9(14)13(2,3)16-12(17)8-10-5-4-6-11(15)7-10/h4-7,9H,8H2,1-3H3,(H,16,17). The molecule has 1 aromatic carbocycles. The van der Waals surface area contributed by atoms with Gasteiger partial charge in [0.25, 0.3) is 0 Å². The Bertz CT molecular complexity index is 404. The lowest BCUT2D eigenvalue weighted by Gasteiger charge is -2.29. The minimum absolute atomic E-state index is 0.105. The molecule has 1 amide bonds. The van der Waals surface area contributed by atoms with E-state index >= 15 is 0 Å². The fraction of sp³-hybridized carbons (Fsp3) is 0.462. The van der Waals surface area contributed by atoms with Crippen molar-refractivity contribution in [1.29, 1.82) is 0 Å². The molecule has 0 heterocycles. The van der Waals surface area contributed by atoms with Gasteiger partial charge in [0, 0.05) is 10.4 Å². The minimum atomic E-state index is -0.329. The van der Waals surface area contributed by atoms with Crippen LogP contribution in [0.5, 0.6) is 0 Å². The second-order valence-corrected chi connectivity index (χ2v) is 6.07. The van der Waals surface area contributed by atoms with E-state index in [-0.39, 0.29) is 28.5 Å². The summed E-state index contributed by atoms with van der Waals surface area (Å²) in [4.78, 5) is 11.9. The molecule has 0 saturated carbocycles. The van der Waals surface area contributed by atoms with E-state index in [0.29, 0.717) is 5.56 Å². The molecule has 0 aliphatic carbocycles.